The first-order valence-electron chi connectivity index (χ1n) is 6.31. The Kier molecular flexibility index (Phi) is 2.75. The zero-order valence-electron chi connectivity index (χ0n) is 11.3. The molecule has 96 valence electrons. The van der Waals surface area contributed by atoms with Crippen molar-refractivity contribution in [1.82, 2.24) is 9.78 Å². The largest absolute Gasteiger partial charge is 0.469 e. The van der Waals surface area contributed by atoms with Crippen LogP contribution < -0.4 is 0 Å². The lowest BCUT2D eigenvalue weighted by Crippen LogP contribution is -1.92. The fraction of sp³-hybridized carbons (Fsp3) is 0.188. The van der Waals surface area contributed by atoms with Crippen molar-refractivity contribution in [2.24, 2.45) is 7.05 Å². The molecule has 0 fully saturated rings. The first-order chi connectivity index (χ1) is 9.16. The molecule has 0 unspecified atom stereocenters. The standard InChI is InChI=1S/C16H16N2O/c1-11-9-14(10-19-11)16-15(12(2)18(3)17-16)13-7-5-4-6-8-13/h4-10H,1-3H3. The Bertz CT molecular complexity index is 708. The van der Waals surface area contributed by atoms with Crippen LogP contribution in [0, 0.1) is 13.8 Å². The number of furan rings is 1. The van der Waals surface area contributed by atoms with Gasteiger partial charge in [0, 0.05) is 23.9 Å². The van der Waals surface area contributed by atoms with E-state index in [4.69, 9.17) is 4.42 Å². The van der Waals surface area contributed by atoms with Crippen LogP contribution in [-0.4, -0.2) is 9.78 Å². The van der Waals surface area contributed by atoms with Gasteiger partial charge in [0.15, 0.2) is 0 Å². The second-order valence-corrected chi connectivity index (χ2v) is 4.74. The summed E-state index contributed by atoms with van der Waals surface area (Å²) < 4.78 is 7.33. The van der Waals surface area contributed by atoms with Crippen molar-refractivity contribution in [3.63, 3.8) is 0 Å². The van der Waals surface area contributed by atoms with E-state index in [1.165, 1.54) is 11.1 Å². The van der Waals surface area contributed by atoms with Gasteiger partial charge in [-0.25, -0.2) is 0 Å². The molecular weight excluding hydrogens is 236 g/mol. The molecule has 0 radical (unpaired) electrons. The van der Waals surface area contributed by atoms with Crippen molar-refractivity contribution in [3.05, 3.63) is 54.1 Å². The molecule has 0 N–H and O–H groups in total. The van der Waals surface area contributed by atoms with E-state index in [1.54, 1.807) is 6.26 Å². The zero-order valence-corrected chi connectivity index (χ0v) is 11.3. The lowest BCUT2D eigenvalue weighted by Gasteiger charge is -2.02. The van der Waals surface area contributed by atoms with E-state index in [0.29, 0.717) is 0 Å². The summed E-state index contributed by atoms with van der Waals surface area (Å²) in [5.41, 5.74) is 5.51. The third-order valence-electron chi connectivity index (χ3n) is 3.40. The van der Waals surface area contributed by atoms with Crippen LogP contribution >= 0.6 is 0 Å². The normalized spacial score (nSPS) is 10.9. The Hall–Kier alpha value is -2.29. The lowest BCUT2D eigenvalue weighted by atomic mass is 10.0. The predicted octanol–water partition coefficient (Wildman–Crippen LogP) is 3.96. The van der Waals surface area contributed by atoms with Crippen molar-refractivity contribution in [2.75, 3.05) is 0 Å². The molecule has 3 nitrogen and oxygen atoms in total. The molecule has 3 aromatic rings. The predicted molar refractivity (Wildman–Crippen MR) is 75.8 cm³/mol. The first-order valence-corrected chi connectivity index (χ1v) is 6.31. The maximum Gasteiger partial charge on any atom is 0.104 e. The quantitative estimate of drug-likeness (QED) is 0.691. The van der Waals surface area contributed by atoms with E-state index in [0.717, 1.165) is 22.7 Å². The average molecular weight is 252 g/mol. The minimum Gasteiger partial charge on any atom is -0.469 e. The summed E-state index contributed by atoms with van der Waals surface area (Å²) in [6, 6.07) is 12.4. The van der Waals surface area contributed by atoms with E-state index in [9.17, 15) is 0 Å². The molecule has 3 rings (SSSR count). The van der Waals surface area contributed by atoms with Gasteiger partial charge in [-0.1, -0.05) is 30.3 Å². The highest BCUT2D eigenvalue weighted by atomic mass is 16.3. The van der Waals surface area contributed by atoms with Crippen LogP contribution in [0.15, 0.2) is 47.1 Å². The third kappa shape index (κ3) is 1.97. The van der Waals surface area contributed by atoms with Crippen LogP contribution in [0.5, 0.6) is 0 Å². The molecular formula is C16H16N2O. The van der Waals surface area contributed by atoms with Gasteiger partial charge in [-0.2, -0.15) is 5.10 Å². The summed E-state index contributed by atoms with van der Waals surface area (Å²) in [6.07, 6.45) is 1.77. The van der Waals surface area contributed by atoms with Gasteiger partial charge >= 0.3 is 0 Å². The van der Waals surface area contributed by atoms with Crippen molar-refractivity contribution in [3.8, 4) is 22.4 Å². The number of nitrogens with zero attached hydrogens (tertiary/aromatic N) is 2. The van der Waals surface area contributed by atoms with Gasteiger partial charge in [-0.15, -0.1) is 0 Å². The zero-order chi connectivity index (χ0) is 13.4. The molecule has 0 saturated carbocycles. The average Bonchev–Trinajstić information content (AvgIpc) is 2.96. The van der Waals surface area contributed by atoms with E-state index in [-0.39, 0.29) is 0 Å². The van der Waals surface area contributed by atoms with Gasteiger partial charge < -0.3 is 4.42 Å². The second-order valence-electron chi connectivity index (χ2n) is 4.74. The molecule has 0 aliphatic heterocycles. The summed E-state index contributed by atoms with van der Waals surface area (Å²) in [5, 5.41) is 4.63. The van der Waals surface area contributed by atoms with Crippen molar-refractivity contribution in [2.45, 2.75) is 13.8 Å². The number of aromatic nitrogens is 2. The summed E-state index contributed by atoms with van der Waals surface area (Å²) in [6.45, 7) is 4.03. The van der Waals surface area contributed by atoms with Gasteiger partial charge in [0.2, 0.25) is 0 Å². The molecule has 0 aliphatic carbocycles. The van der Waals surface area contributed by atoms with Gasteiger partial charge in [-0.3, -0.25) is 4.68 Å². The molecule has 0 atom stereocenters. The highest BCUT2D eigenvalue weighted by Crippen LogP contribution is 2.34. The number of hydrogen-bond acceptors (Lipinski definition) is 2. The topological polar surface area (TPSA) is 31.0 Å². The second kappa shape index (κ2) is 4.43. The van der Waals surface area contributed by atoms with E-state index in [2.05, 4.69) is 24.2 Å². The Morgan fingerprint density at radius 2 is 1.79 bits per heavy atom. The van der Waals surface area contributed by atoms with Crippen LogP contribution in [0.4, 0.5) is 0 Å². The summed E-state index contributed by atoms with van der Waals surface area (Å²) >= 11 is 0. The smallest absolute Gasteiger partial charge is 0.104 e. The monoisotopic (exact) mass is 252 g/mol. The van der Waals surface area contributed by atoms with Crippen LogP contribution in [0.3, 0.4) is 0 Å². The molecule has 1 aromatic carbocycles. The molecule has 19 heavy (non-hydrogen) atoms. The fourth-order valence-corrected chi connectivity index (χ4v) is 2.33. The minimum absolute atomic E-state index is 0.900. The Labute approximate surface area is 112 Å². The molecule has 2 aromatic heterocycles. The molecule has 2 heterocycles. The number of rotatable bonds is 2. The fourth-order valence-electron chi connectivity index (χ4n) is 2.33. The summed E-state index contributed by atoms with van der Waals surface area (Å²) in [4.78, 5) is 0. The molecule has 3 heteroatoms. The van der Waals surface area contributed by atoms with Crippen LogP contribution in [0.25, 0.3) is 22.4 Å². The van der Waals surface area contributed by atoms with Crippen LogP contribution in [0.2, 0.25) is 0 Å². The van der Waals surface area contributed by atoms with Gasteiger partial charge in [0.05, 0.1) is 0 Å². The number of benzene rings is 1. The molecule has 0 spiro atoms. The maximum absolute atomic E-state index is 5.41. The molecule has 0 saturated heterocycles. The molecule has 0 amide bonds. The Morgan fingerprint density at radius 3 is 2.42 bits per heavy atom. The van der Waals surface area contributed by atoms with Gasteiger partial charge in [0.1, 0.15) is 17.7 Å². The maximum atomic E-state index is 5.41. The van der Waals surface area contributed by atoms with E-state index in [1.807, 2.05) is 42.9 Å². The number of aryl methyl sites for hydroxylation is 2. The third-order valence-corrected chi connectivity index (χ3v) is 3.40. The van der Waals surface area contributed by atoms with Crippen LogP contribution in [0.1, 0.15) is 11.5 Å². The Balaban J connectivity index is 2.24. The Morgan fingerprint density at radius 1 is 1.05 bits per heavy atom. The summed E-state index contributed by atoms with van der Waals surface area (Å²) in [5.74, 6) is 0.900. The van der Waals surface area contributed by atoms with Crippen molar-refractivity contribution in [1.29, 1.82) is 0 Å². The summed E-state index contributed by atoms with van der Waals surface area (Å²) in [7, 11) is 1.97. The van der Waals surface area contributed by atoms with Gasteiger partial charge in [-0.05, 0) is 25.5 Å². The number of hydrogen-bond donors (Lipinski definition) is 0. The van der Waals surface area contributed by atoms with Gasteiger partial charge in [0.25, 0.3) is 0 Å². The van der Waals surface area contributed by atoms with E-state index >= 15 is 0 Å². The molecule has 0 aliphatic rings. The van der Waals surface area contributed by atoms with Crippen LogP contribution in [-0.2, 0) is 7.05 Å². The highest BCUT2D eigenvalue weighted by molar-refractivity contribution is 5.82. The SMILES string of the molecule is Cc1cc(-c2nn(C)c(C)c2-c2ccccc2)co1. The van der Waals surface area contributed by atoms with E-state index < -0.39 is 0 Å². The first kappa shape index (κ1) is 11.8. The van der Waals surface area contributed by atoms with Crippen molar-refractivity contribution < 1.29 is 4.42 Å². The highest BCUT2D eigenvalue weighted by Gasteiger charge is 2.17. The minimum atomic E-state index is 0.900. The van der Waals surface area contributed by atoms with Crippen molar-refractivity contribution >= 4 is 0 Å². The lowest BCUT2D eigenvalue weighted by molar-refractivity contribution is 0.534. The molecule has 0 bridgehead atoms.